The van der Waals surface area contributed by atoms with Crippen molar-refractivity contribution in [2.45, 2.75) is 3.12 Å². The molecule has 0 spiro atoms. The van der Waals surface area contributed by atoms with Crippen LogP contribution in [0.4, 0.5) is 0 Å². The Morgan fingerprint density at radius 2 is 1.33 bits per heavy atom. The molecule has 0 aromatic rings. The highest BCUT2D eigenvalue weighted by molar-refractivity contribution is 7.92. The maximum atomic E-state index is 9.81. The van der Waals surface area contributed by atoms with Crippen LogP contribution >= 0.6 is 47.2 Å². The van der Waals surface area contributed by atoms with E-state index in [1.165, 1.54) is 0 Å². The summed E-state index contributed by atoms with van der Waals surface area (Å²) in [5.41, 5.74) is 0. The quantitative estimate of drug-likeness (QED) is 0.513. The first kappa shape index (κ1) is 12.7. The van der Waals surface area contributed by atoms with Gasteiger partial charge in [0.05, 0.1) is 0 Å². The van der Waals surface area contributed by atoms with Crippen LogP contribution in [-0.4, -0.2) is 16.1 Å². The monoisotopic (exact) mass is 234 g/mol. The van der Waals surface area contributed by atoms with Crippen LogP contribution in [0.1, 0.15) is 0 Å². The zero-order valence-electron chi connectivity index (χ0n) is 3.71. The van der Waals surface area contributed by atoms with Crippen LogP contribution in [0.25, 0.3) is 0 Å². The minimum absolute atomic E-state index is 0. The van der Waals surface area contributed by atoms with E-state index in [0.717, 1.165) is 0 Å². The van der Waals surface area contributed by atoms with Crippen molar-refractivity contribution < 1.29 is 13.0 Å². The van der Waals surface area contributed by atoms with E-state index in [2.05, 4.69) is 0 Å². The highest BCUT2D eigenvalue weighted by Gasteiger charge is 2.35. The Kier molecular flexibility index (Phi) is 4.89. The fourth-order valence-electron chi connectivity index (χ4n) is 0. The summed E-state index contributed by atoms with van der Waals surface area (Å²) >= 11 is 14.1. The molecule has 9 heavy (non-hydrogen) atoms. The summed E-state index contributed by atoms with van der Waals surface area (Å²) in [5, 5.41) is 0. The molecule has 0 atom stereocenters. The second-order valence-electron chi connectivity index (χ2n) is 0.921. The van der Waals surface area contributed by atoms with Crippen LogP contribution in [0.2, 0.25) is 0 Å². The summed E-state index contributed by atoms with van der Waals surface area (Å²) < 4.78 is 24.9. The molecule has 0 aromatic carbocycles. The van der Waals surface area contributed by atoms with E-state index in [4.69, 9.17) is 39.4 Å². The topological polar surface area (TPSA) is 54.4 Å². The van der Waals surface area contributed by atoms with Gasteiger partial charge >= 0.3 is 13.2 Å². The molecule has 0 rings (SSSR count). The fraction of sp³-hybridized carbons (Fsp3) is 1.00. The number of hydrogen-bond donors (Lipinski definition) is 1. The van der Waals surface area contributed by atoms with Crippen molar-refractivity contribution in [2.24, 2.45) is 0 Å². The standard InChI is InChI=1S/CHCl3O3S.ClH/c2-1(3,4)8(5,6)7;/h(H,5,6,7);1H. The van der Waals surface area contributed by atoms with Crippen molar-refractivity contribution >= 4 is 57.3 Å². The lowest BCUT2D eigenvalue weighted by molar-refractivity contribution is 0.483. The third kappa shape index (κ3) is 4.47. The molecule has 58 valence electrons. The zero-order valence-corrected chi connectivity index (χ0v) is 7.61. The summed E-state index contributed by atoms with van der Waals surface area (Å²) in [4.78, 5) is 0. The van der Waals surface area contributed by atoms with Gasteiger partial charge in [-0.1, -0.05) is 34.8 Å². The Balaban J connectivity index is 0. The molecule has 0 radical (unpaired) electrons. The molecule has 3 nitrogen and oxygen atoms in total. The smallest absolute Gasteiger partial charge is 0.282 e. The first-order valence-electron chi connectivity index (χ1n) is 1.29. The van der Waals surface area contributed by atoms with Crippen LogP contribution in [0.5, 0.6) is 0 Å². The van der Waals surface area contributed by atoms with E-state index in [1.54, 1.807) is 0 Å². The first-order valence-corrected chi connectivity index (χ1v) is 3.86. The van der Waals surface area contributed by atoms with Gasteiger partial charge < -0.3 is 0 Å². The molecule has 0 fully saturated rings. The summed E-state index contributed by atoms with van der Waals surface area (Å²) in [7, 11) is -4.54. The summed E-state index contributed by atoms with van der Waals surface area (Å²) in [6.07, 6.45) is 0. The molecular weight excluding hydrogens is 234 g/mol. The minimum atomic E-state index is -4.54. The maximum Gasteiger partial charge on any atom is 0.317 e. The van der Waals surface area contributed by atoms with Crippen LogP contribution in [0.15, 0.2) is 0 Å². The average molecular weight is 236 g/mol. The fourth-order valence-corrected chi connectivity index (χ4v) is 0. The first-order chi connectivity index (χ1) is 3.25. The largest absolute Gasteiger partial charge is 0.317 e. The molecule has 0 aliphatic heterocycles. The van der Waals surface area contributed by atoms with Crippen molar-refractivity contribution in [3.63, 3.8) is 0 Å². The normalized spacial score (nSPS) is 12.4. The molecule has 8 heteroatoms. The highest BCUT2D eigenvalue weighted by Crippen LogP contribution is 2.31. The van der Waals surface area contributed by atoms with E-state index in [9.17, 15) is 8.42 Å². The Hall–Kier alpha value is 1.07. The molecule has 0 heterocycles. The predicted octanol–water partition coefficient (Wildman–Crippen LogP) is 1.62. The van der Waals surface area contributed by atoms with E-state index in [0.29, 0.717) is 0 Å². The van der Waals surface area contributed by atoms with Crippen LogP contribution < -0.4 is 0 Å². The third-order valence-corrected chi connectivity index (χ3v) is 2.63. The van der Waals surface area contributed by atoms with Gasteiger partial charge in [0.15, 0.2) is 0 Å². The average Bonchev–Trinajstić information content (AvgIpc) is 1.25. The summed E-state index contributed by atoms with van der Waals surface area (Å²) in [6.45, 7) is 0. The van der Waals surface area contributed by atoms with Gasteiger partial charge in [-0.05, 0) is 0 Å². The third-order valence-electron chi connectivity index (χ3n) is 0.292. The highest BCUT2D eigenvalue weighted by atomic mass is 35.6. The molecule has 1 N–H and O–H groups in total. The molecular formula is CH2Cl4O3S. The van der Waals surface area contributed by atoms with Gasteiger partial charge in [-0.3, -0.25) is 4.55 Å². The van der Waals surface area contributed by atoms with Crippen molar-refractivity contribution in [3.8, 4) is 0 Å². The second kappa shape index (κ2) is 3.46. The van der Waals surface area contributed by atoms with Crippen molar-refractivity contribution in [1.82, 2.24) is 0 Å². The molecule has 0 aromatic heterocycles. The van der Waals surface area contributed by atoms with Gasteiger partial charge in [-0.25, -0.2) is 0 Å². The Morgan fingerprint density at radius 3 is 1.33 bits per heavy atom. The predicted molar refractivity (Wildman–Crippen MR) is 39.1 cm³/mol. The molecule has 0 aliphatic rings. The van der Waals surface area contributed by atoms with Gasteiger partial charge in [0.1, 0.15) is 0 Å². The van der Waals surface area contributed by atoms with Crippen LogP contribution in [-0.2, 0) is 10.1 Å². The van der Waals surface area contributed by atoms with Gasteiger partial charge in [0, 0.05) is 0 Å². The maximum absolute atomic E-state index is 9.81. The van der Waals surface area contributed by atoms with Crippen molar-refractivity contribution in [1.29, 1.82) is 0 Å². The van der Waals surface area contributed by atoms with E-state index in [-0.39, 0.29) is 12.4 Å². The molecule has 0 saturated heterocycles. The molecule has 0 amide bonds. The molecule has 0 saturated carbocycles. The van der Waals surface area contributed by atoms with Gasteiger partial charge in [-0.2, -0.15) is 8.42 Å². The molecule has 0 aliphatic carbocycles. The summed E-state index contributed by atoms with van der Waals surface area (Å²) in [6, 6.07) is 0. The lowest BCUT2D eigenvalue weighted by Gasteiger charge is -2.03. The Bertz CT molecular complexity index is 165. The number of hydrogen-bond acceptors (Lipinski definition) is 2. The molecule has 0 unspecified atom stereocenters. The number of rotatable bonds is 0. The van der Waals surface area contributed by atoms with Gasteiger partial charge in [-0.15, -0.1) is 12.4 Å². The SMILES string of the molecule is Cl.O=S(=O)(O)C(Cl)(Cl)Cl. The van der Waals surface area contributed by atoms with E-state index in [1.807, 2.05) is 0 Å². The number of alkyl halides is 3. The molecule has 0 bridgehead atoms. The van der Waals surface area contributed by atoms with Crippen molar-refractivity contribution in [2.75, 3.05) is 0 Å². The Morgan fingerprint density at radius 1 is 1.22 bits per heavy atom. The lowest BCUT2D eigenvalue weighted by Crippen LogP contribution is -2.17. The Labute approximate surface area is 73.4 Å². The minimum Gasteiger partial charge on any atom is -0.282 e. The van der Waals surface area contributed by atoms with Crippen LogP contribution in [0, 0.1) is 0 Å². The summed E-state index contributed by atoms with van der Waals surface area (Å²) in [5.74, 6) is 0. The van der Waals surface area contributed by atoms with Crippen LogP contribution in [0.3, 0.4) is 0 Å². The van der Waals surface area contributed by atoms with Crippen molar-refractivity contribution in [3.05, 3.63) is 0 Å². The number of halogens is 4. The van der Waals surface area contributed by atoms with Gasteiger partial charge in [0.2, 0.25) is 0 Å². The van der Waals surface area contributed by atoms with E-state index < -0.39 is 13.2 Å². The van der Waals surface area contributed by atoms with E-state index >= 15 is 0 Å². The van der Waals surface area contributed by atoms with Gasteiger partial charge in [0.25, 0.3) is 0 Å². The zero-order chi connectivity index (χ0) is 7.00. The lowest BCUT2D eigenvalue weighted by atomic mass is 11.8. The second-order valence-corrected chi connectivity index (χ2v) is 5.44.